The van der Waals surface area contributed by atoms with E-state index >= 15 is 0 Å². The summed E-state index contributed by atoms with van der Waals surface area (Å²) in [5.74, 6) is 1.08. The van der Waals surface area contributed by atoms with E-state index in [9.17, 15) is 4.39 Å². The standard InChI is InChI=1S/C18H20FN5OS/c1-24-7-6-20-10-15(24)18-22-16(25-23-18)9-14-11-26-17(21-14)8-12-2-4-13(19)5-3-12/h2-5,11,15,20H,6-10H2,1H3. The van der Waals surface area contributed by atoms with Gasteiger partial charge in [0, 0.05) is 31.4 Å². The Bertz CT molecular complexity index is 863. The molecular formula is C18H20FN5OS. The Morgan fingerprint density at radius 3 is 2.92 bits per heavy atom. The fourth-order valence-electron chi connectivity index (χ4n) is 3.01. The summed E-state index contributed by atoms with van der Waals surface area (Å²) in [5, 5.41) is 10.5. The SMILES string of the molecule is CN1CCNCC1c1noc(Cc2csc(Cc3ccc(F)cc3)n2)n1. The monoisotopic (exact) mass is 373 g/mol. The Balaban J connectivity index is 1.40. The molecular weight excluding hydrogens is 353 g/mol. The van der Waals surface area contributed by atoms with Gasteiger partial charge in [0.15, 0.2) is 5.82 Å². The van der Waals surface area contributed by atoms with Gasteiger partial charge in [0.05, 0.1) is 23.2 Å². The van der Waals surface area contributed by atoms with Crippen molar-refractivity contribution >= 4 is 11.3 Å². The molecule has 3 heterocycles. The van der Waals surface area contributed by atoms with Crippen LogP contribution in [0.2, 0.25) is 0 Å². The fraction of sp³-hybridized carbons (Fsp3) is 0.389. The van der Waals surface area contributed by atoms with Crippen molar-refractivity contribution in [2.75, 3.05) is 26.7 Å². The van der Waals surface area contributed by atoms with Crippen molar-refractivity contribution in [3.63, 3.8) is 0 Å². The van der Waals surface area contributed by atoms with Gasteiger partial charge in [-0.15, -0.1) is 11.3 Å². The summed E-state index contributed by atoms with van der Waals surface area (Å²) in [5.41, 5.74) is 1.96. The summed E-state index contributed by atoms with van der Waals surface area (Å²) < 4.78 is 18.4. The van der Waals surface area contributed by atoms with Crippen LogP contribution in [0.25, 0.3) is 0 Å². The molecule has 0 bridgehead atoms. The predicted octanol–water partition coefficient (Wildman–Crippen LogP) is 2.42. The van der Waals surface area contributed by atoms with Crippen LogP contribution >= 0.6 is 11.3 Å². The highest BCUT2D eigenvalue weighted by molar-refractivity contribution is 7.09. The number of likely N-dealkylation sites (N-methyl/N-ethyl adjacent to an activating group) is 1. The first-order chi connectivity index (χ1) is 12.7. The highest BCUT2D eigenvalue weighted by Gasteiger charge is 2.25. The highest BCUT2D eigenvalue weighted by atomic mass is 32.1. The van der Waals surface area contributed by atoms with Crippen LogP contribution < -0.4 is 5.32 Å². The van der Waals surface area contributed by atoms with E-state index < -0.39 is 0 Å². The number of rotatable bonds is 5. The maximum Gasteiger partial charge on any atom is 0.232 e. The number of benzene rings is 1. The number of nitrogens with one attached hydrogen (secondary N) is 1. The second-order valence-corrected chi connectivity index (χ2v) is 7.40. The number of nitrogens with zero attached hydrogens (tertiary/aromatic N) is 4. The third kappa shape index (κ3) is 3.98. The Kier molecular flexibility index (Phi) is 5.05. The number of piperazine rings is 1. The van der Waals surface area contributed by atoms with Gasteiger partial charge in [-0.1, -0.05) is 17.3 Å². The van der Waals surface area contributed by atoms with Crippen LogP contribution in [-0.2, 0) is 12.8 Å². The minimum absolute atomic E-state index is 0.144. The zero-order chi connectivity index (χ0) is 17.9. The van der Waals surface area contributed by atoms with Crippen molar-refractivity contribution in [3.05, 3.63) is 63.4 Å². The van der Waals surface area contributed by atoms with E-state index in [1.54, 1.807) is 23.5 Å². The second kappa shape index (κ2) is 7.61. The molecule has 1 aliphatic heterocycles. The quantitative estimate of drug-likeness (QED) is 0.741. The van der Waals surface area contributed by atoms with Crippen molar-refractivity contribution in [2.45, 2.75) is 18.9 Å². The molecule has 0 saturated carbocycles. The minimum Gasteiger partial charge on any atom is -0.339 e. The van der Waals surface area contributed by atoms with Gasteiger partial charge in [-0.3, -0.25) is 4.90 Å². The molecule has 1 aromatic carbocycles. The molecule has 1 aliphatic rings. The van der Waals surface area contributed by atoms with E-state index in [1.807, 2.05) is 5.38 Å². The van der Waals surface area contributed by atoms with Crippen LogP contribution in [0, 0.1) is 5.82 Å². The van der Waals surface area contributed by atoms with Crippen LogP contribution in [0.5, 0.6) is 0 Å². The molecule has 8 heteroatoms. The first kappa shape index (κ1) is 17.3. The molecule has 3 aromatic rings. The summed E-state index contributed by atoms with van der Waals surface area (Å²) in [7, 11) is 2.07. The summed E-state index contributed by atoms with van der Waals surface area (Å²) in [6.07, 6.45) is 1.22. The molecule has 1 fully saturated rings. The highest BCUT2D eigenvalue weighted by Crippen LogP contribution is 2.20. The Morgan fingerprint density at radius 1 is 1.27 bits per heavy atom. The molecule has 1 N–H and O–H groups in total. The average Bonchev–Trinajstić information content (AvgIpc) is 3.27. The zero-order valence-electron chi connectivity index (χ0n) is 14.5. The lowest BCUT2D eigenvalue weighted by Crippen LogP contribution is -2.44. The van der Waals surface area contributed by atoms with Crippen molar-refractivity contribution in [1.29, 1.82) is 0 Å². The van der Waals surface area contributed by atoms with Crippen molar-refractivity contribution in [2.24, 2.45) is 0 Å². The zero-order valence-corrected chi connectivity index (χ0v) is 15.3. The molecule has 0 amide bonds. The van der Waals surface area contributed by atoms with Gasteiger partial charge in [-0.25, -0.2) is 9.37 Å². The predicted molar refractivity (Wildman–Crippen MR) is 96.7 cm³/mol. The first-order valence-corrected chi connectivity index (χ1v) is 9.46. The molecule has 2 aromatic heterocycles. The average molecular weight is 373 g/mol. The maximum absolute atomic E-state index is 13.0. The van der Waals surface area contributed by atoms with Crippen LogP contribution in [0.15, 0.2) is 34.2 Å². The molecule has 1 saturated heterocycles. The summed E-state index contributed by atoms with van der Waals surface area (Å²) in [4.78, 5) is 11.4. The third-order valence-electron chi connectivity index (χ3n) is 4.49. The molecule has 0 radical (unpaired) electrons. The van der Waals surface area contributed by atoms with Crippen LogP contribution in [0.1, 0.15) is 34.0 Å². The largest absolute Gasteiger partial charge is 0.339 e. The number of hydrogen-bond acceptors (Lipinski definition) is 7. The Labute approximate surface area is 155 Å². The van der Waals surface area contributed by atoms with Crippen molar-refractivity contribution < 1.29 is 8.91 Å². The molecule has 136 valence electrons. The van der Waals surface area contributed by atoms with Crippen LogP contribution in [0.4, 0.5) is 4.39 Å². The number of hydrogen-bond donors (Lipinski definition) is 1. The van der Waals surface area contributed by atoms with E-state index in [1.165, 1.54) is 12.1 Å². The molecule has 1 unspecified atom stereocenters. The van der Waals surface area contributed by atoms with E-state index in [-0.39, 0.29) is 11.9 Å². The van der Waals surface area contributed by atoms with E-state index in [0.29, 0.717) is 18.7 Å². The van der Waals surface area contributed by atoms with Gasteiger partial charge in [-0.2, -0.15) is 4.98 Å². The lowest BCUT2D eigenvalue weighted by Gasteiger charge is -2.30. The van der Waals surface area contributed by atoms with Crippen molar-refractivity contribution in [3.8, 4) is 0 Å². The molecule has 26 heavy (non-hydrogen) atoms. The van der Waals surface area contributed by atoms with Crippen LogP contribution in [0.3, 0.4) is 0 Å². The van der Waals surface area contributed by atoms with Crippen molar-refractivity contribution in [1.82, 2.24) is 25.3 Å². The normalized spacial score (nSPS) is 18.3. The van der Waals surface area contributed by atoms with E-state index in [0.717, 1.165) is 41.7 Å². The van der Waals surface area contributed by atoms with Gasteiger partial charge >= 0.3 is 0 Å². The molecule has 1 atom stereocenters. The summed E-state index contributed by atoms with van der Waals surface area (Å²) >= 11 is 1.59. The lowest BCUT2D eigenvalue weighted by atomic mass is 10.1. The van der Waals surface area contributed by atoms with Gasteiger partial charge in [0.1, 0.15) is 5.82 Å². The van der Waals surface area contributed by atoms with Crippen LogP contribution in [-0.4, -0.2) is 46.7 Å². The number of thiazole rings is 1. The fourth-order valence-corrected chi connectivity index (χ4v) is 3.84. The topological polar surface area (TPSA) is 67.1 Å². The molecule has 0 spiro atoms. The summed E-state index contributed by atoms with van der Waals surface area (Å²) in [6.45, 7) is 2.77. The van der Waals surface area contributed by atoms with E-state index in [2.05, 4.69) is 32.4 Å². The molecule has 4 rings (SSSR count). The number of halogens is 1. The Morgan fingerprint density at radius 2 is 2.12 bits per heavy atom. The van der Waals surface area contributed by atoms with Gasteiger partial charge in [0.2, 0.25) is 5.89 Å². The number of aromatic nitrogens is 3. The van der Waals surface area contributed by atoms with Gasteiger partial charge in [0.25, 0.3) is 0 Å². The first-order valence-electron chi connectivity index (χ1n) is 8.58. The molecule has 6 nitrogen and oxygen atoms in total. The Hall–Kier alpha value is -2.16. The third-order valence-corrected chi connectivity index (χ3v) is 5.39. The lowest BCUT2D eigenvalue weighted by molar-refractivity contribution is 0.190. The van der Waals surface area contributed by atoms with E-state index in [4.69, 9.17) is 4.52 Å². The second-order valence-electron chi connectivity index (χ2n) is 6.46. The minimum atomic E-state index is -0.223. The maximum atomic E-state index is 13.0. The van der Waals surface area contributed by atoms with Gasteiger partial charge in [-0.05, 0) is 24.7 Å². The smallest absolute Gasteiger partial charge is 0.232 e. The summed E-state index contributed by atoms with van der Waals surface area (Å²) in [6, 6.07) is 6.66. The molecule has 0 aliphatic carbocycles. The van der Waals surface area contributed by atoms with Gasteiger partial charge < -0.3 is 9.84 Å².